The van der Waals surface area contributed by atoms with Gasteiger partial charge in [0.2, 0.25) is 0 Å². The normalized spacial score (nSPS) is 11.0. The first-order valence-corrected chi connectivity index (χ1v) is 20.0. The lowest BCUT2D eigenvalue weighted by Crippen LogP contribution is -2.01. The predicted octanol–water partition coefficient (Wildman–Crippen LogP) is 13.7. The fraction of sp³-hybridized carbons (Fsp3) is 0. The van der Waals surface area contributed by atoms with Crippen molar-refractivity contribution in [3.05, 3.63) is 225 Å². The number of hydrogen-bond donors (Lipinski definition) is 0. The maximum atomic E-state index is 5.33. The highest BCUT2D eigenvalue weighted by molar-refractivity contribution is 5.84. The van der Waals surface area contributed by atoms with Crippen molar-refractivity contribution in [1.82, 2.24) is 24.9 Å². The minimum Gasteiger partial charge on any atom is -0.264 e. The van der Waals surface area contributed by atoms with Crippen LogP contribution >= 0.6 is 0 Å². The maximum absolute atomic E-state index is 5.33. The largest absolute Gasteiger partial charge is 0.264 e. The average Bonchev–Trinajstić information content (AvgIpc) is 3.35. The summed E-state index contributed by atoms with van der Waals surface area (Å²) in [7, 11) is 0. The third-order valence-electron chi connectivity index (χ3n) is 10.6. The Morgan fingerprint density at radius 1 is 0.233 bits per heavy atom. The zero-order valence-corrected chi connectivity index (χ0v) is 32.6. The SMILES string of the molecule is c1ccc(-c2cc(-c3cccc(-c4cccnc4)c3)cc(-c3nc(-c4ccccc4)nc(-c4cc(-c5ccccc5)cc(-c5cccc(-c6ccccn6)c5)c4)n3)c2)cc1. The van der Waals surface area contributed by atoms with Crippen LogP contribution in [0.4, 0.5) is 0 Å². The lowest BCUT2D eigenvalue weighted by Gasteiger charge is -2.14. The van der Waals surface area contributed by atoms with Crippen LogP contribution in [-0.4, -0.2) is 24.9 Å². The highest BCUT2D eigenvalue weighted by atomic mass is 15.0. The van der Waals surface area contributed by atoms with Gasteiger partial charge in [-0.2, -0.15) is 0 Å². The molecule has 0 atom stereocenters. The van der Waals surface area contributed by atoms with Gasteiger partial charge >= 0.3 is 0 Å². The summed E-state index contributed by atoms with van der Waals surface area (Å²) < 4.78 is 0. The highest BCUT2D eigenvalue weighted by Crippen LogP contribution is 2.37. The summed E-state index contributed by atoms with van der Waals surface area (Å²) in [5.41, 5.74) is 15.4. The van der Waals surface area contributed by atoms with E-state index in [9.17, 15) is 0 Å². The molecule has 0 aliphatic heterocycles. The third-order valence-corrected chi connectivity index (χ3v) is 10.6. The van der Waals surface area contributed by atoms with Gasteiger partial charge in [0.1, 0.15) is 0 Å². The molecule has 0 saturated heterocycles. The zero-order valence-electron chi connectivity index (χ0n) is 32.6. The second-order valence-corrected chi connectivity index (χ2v) is 14.6. The van der Waals surface area contributed by atoms with Crippen LogP contribution in [0, 0.1) is 0 Å². The fourth-order valence-corrected chi connectivity index (χ4v) is 7.60. The molecule has 282 valence electrons. The van der Waals surface area contributed by atoms with Crippen LogP contribution in [0.5, 0.6) is 0 Å². The van der Waals surface area contributed by atoms with E-state index in [1.165, 1.54) is 0 Å². The van der Waals surface area contributed by atoms with E-state index in [1.807, 2.05) is 79.1 Å². The van der Waals surface area contributed by atoms with Crippen molar-refractivity contribution in [3.63, 3.8) is 0 Å². The standard InChI is InChI=1S/C55H37N5/c1-4-15-38(16-5-1)46-31-48(42-22-12-21-41(29-42)45-25-14-27-56-37-45)35-50(33-46)54-58-53(40-19-8-3-9-20-40)59-55(60-54)51-34-47(39-17-6-2-7-18-39)32-49(36-51)43-23-13-24-44(30-43)52-26-10-11-28-57-52/h1-37H. The first-order valence-electron chi connectivity index (χ1n) is 20.0. The molecule has 7 aromatic carbocycles. The second-order valence-electron chi connectivity index (χ2n) is 14.6. The molecule has 3 heterocycles. The van der Waals surface area contributed by atoms with E-state index in [-0.39, 0.29) is 0 Å². The van der Waals surface area contributed by atoms with Crippen LogP contribution in [0.3, 0.4) is 0 Å². The Labute approximate surface area is 349 Å². The average molecular weight is 768 g/mol. The van der Waals surface area contributed by atoms with Crippen molar-refractivity contribution in [1.29, 1.82) is 0 Å². The Kier molecular flexibility index (Phi) is 9.88. The zero-order chi connectivity index (χ0) is 40.1. The van der Waals surface area contributed by atoms with Crippen LogP contribution in [0.15, 0.2) is 225 Å². The van der Waals surface area contributed by atoms with Crippen molar-refractivity contribution in [2.75, 3.05) is 0 Å². The van der Waals surface area contributed by atoms with Gasteiger partial charge in [-0.15, -0.1) is 0 Å². The fourth-order valence-electron chi connectivity index (χ4n) is 7.60. The van der Waals surface area contributed by atoms with Crippen LogP contribution in [-0.2, 0) is 0 Å². The Hall–Kier alpha value is -8.15. The van der Waals surface area contributed by atoms with E-state index in [2.05, 4.69) is 149 Å². The lowest BCUT2D eigenvalue weighted by molar-refractivity contribution is 1.07. The number of rotatable bonds is 9. The van der Waals surface area contributed by atoms with Gasteiger partial charge in [-0.1, -0.05) is 140 Å². The van der Waals surface area contributed by atoms with Crippen LogP contribution in [0.25, 0.3) is 101 Å². The molecule has 3 aromatic heterocycles. The molecule has 0 unspecified atom stereocenters. The van der Waals surface area contributed by atoms with Crippen molar-refractivity contribution in [2.45, 2.75) is 0 Å². The minimum atomic E-state index is 0.587. The van der Waals surface area contributed by atoms with Crippen LogP contribution < -0.4 is 0 Å². The molecule has 5 heteroatoms. The monoisotopic (exact) mass is 767 g/mol. The lowest BCUT2D eigenvalue weighted by atomic mass is 9.94. The highest BCUT2D eigenvalue weighted by Gasteiger charge is 2.17. The molecule has 0 radical (unpaired) electrons. The van der Waals surface area contributed by atoms with E-state index in [0.717, 1.165) is 83.6 Å². The van der Waals surface area contributed by atoms with Crippen molar-refractivity contribution in [3.8, 4) is 101 Å². The molecule has 10 aromatic rings. The molecule has 0 spiro atoms. The minimum absolute atomic E-state index is 0.587. The van der Waals surface area contributed by atoms with Crippen LogP contribution in [0.2, 0.25) is 0 Å². The molecule has 10 rings (SSSR count). The molecule has 0 saturated carbocycles. The van der Waals surface area contributed by atoms with E-state index in [1.54, 1.807) is 6.20 Å². The molecule has 60 heavy (non-hydrogen) atoms. The van der Waals surface area contributed by atoms with E-state index in [4.69, 9.17) is 15.0 Å². The van der Waals surface area contributed by atoms with Crippen LogP contribution in [0.1, 0.15) is 0 Å². The number of benzene rings is 7. The van der Waals surface area contributed by atoms with Gasteiger partial charge in [0, 0.05) is 46.4 Å². The molecule has 0 aliphatic carbocycles. The number of nitrogens with zero attached hydrogens (tertiary/aromatic N) is 5. The van der Waals surface area contributed by atoms with Gasteiger partial charge in [-0.05, 0) is 117 Å². The Balaban J connectivity index is 1.17. The van der Waals surface area contributed by atoms with E-state index in [0.29, 0.717) is 17.5 Å². The van der Waals surface area contributed by atoms with Gasteiger partial charge in [0.25, 0.3) is 0 Å². The molecule has 0 N–H and O–H groups in total. The van der Waals surface area contributed by atoms with E-state index < -0.39 is 0 Å². The summed E-state index contributed by atoms with van der Waals surface area (Å²) >= 11 is 0. The Morgan fingerprint density at radius 2 is 0.617 bits per heavy atom. The first kappa shape index (κ1) is 36.2. The molecular formula is C55H37N5. The summed E-state index contributed by atoms with van der Waals surface area (Å²) in [4.78, 5) is 24.7. The van der Waals surface area contributed by atoms with Gasteiger partial charge in [0.15, 0.2) is 17.5 Å². The Bertz CT molecular complexity index is 2880. The van der Waals surface area contributed by atoms with Gasteiger partial charge < -0.3 is 0 Å². The van der Waals surface area contributed by atoms with Gasteiger partial charge in [-0.25, -0.2) is 15.0 Å². The second kappa shape index (κ2) is 16.4. The number of aromatic nitrogens is 5. The summed E-state index contributed by atoms with van der Waals surface area (Å²) in [5.74, 6) is 1.78. The summed E-state index contributed by atoms with van der Waals surface area (Å²) in [5, 5.41) is 0. The smallest absolute Gasteiger partial charge is 0.164 e. The molecule has 0 fully saturated rings. The van der Waals surface area contributed by atoms with Gasteiger partial charge in [-0.3, -0.25) is 9.97 Å². The summed E-state index contributed by atoms with van der Waals surface area (Å²) in [6.45, 7) is 0. The predicted molar refractivity (Wildman–Crippen MR) is 244 cm³/mol. The van der Waals surface area contributed by atoms with Gasteiger partial charge in [0.05, 0.1) is 5.69 Å². The topological polar surface area (TPSA) is 64.5 Å². The first-order chi connectivity index (χ1) is 29.7. The van der Waals surface area contributed by atoms with Crippen molar-refractivity contribution in [2.24, 2.45) is 0 Å². The summed E-state index contributed by atoms with van der Waals surface area (Å²) in [6.07, 6.45) is 5.53. The number of hydrogen-bond acceptors (Lipinski definition) is 5. The quantitative estimate of drug-likeness (QED) is 0.146. The summed E-state index contributed by atoms with van der Waals surface area (Å²) in [6, 6.07) is 71.5. The maximum Gasteiger partial charge on any atom is 0.164 e. The molecular weight excluding hydrogens is 731 g/mol. The third kappa shape index (κ3) is 7.76. The molecule has 0 aliphatic rings. The van der Waals surface area contributed by atoms with Crippen molar-refractivity contribution < 1.29 is 0 Å². The van der Waals surface area contributed by atoms with E-state index >= 15 is 0 Å². The van der Waals surface area contributed by atoms with Crippen molar-refractivity contribution >= 4 is 0 Å². The number of pyridine rings is 2. The molecule has 0 amide bonds. The molecule has 0 bridgehead atoms. The Morgan fingerprint density at radius 3 is 1.12 bits per heavy atom. The molecule has 5 nitrogen and oxygen atoms in total.